The van der Waals surface area contributed by atoms with Gasteiger partial charge >= 0.3 is 0 Å². The van der Waals surface area contributed by atoms with Crippen LogP contribution >= 0.6 is 15.9 Å². The first kappa shape index (κ1) is 11.9. The van der Waals surface area contributed by atoms with E-state index < -0.39 is 0 Å². The fraction of sp³-hybridized carbons (Fsp3) is 0.500. The molecule has 16 heavy (non-hydrogen) atoms. The molecule has 1 aliphatic heterocycles. The van der Waals surface area contributed by atoms with Gasteiger partial charge < -0.3 is 9.57 Å². The minimum absolute atomic E-state index is 0.112. The molecule has 4 heteroatoms. The second kappa shape index (κ2) is 4.73. The number of fused-ring (bicyclic) bond motifs is 1. The second-order valence-electron chi connectivity index (χ2n) is 4.03. The third kappa shape index (κ3) is 1.97. The molecule has 1 N–H and O–H groups in total. The highest BCUT2D eigenvalue weighted by Gasteiger charge is 2.34. The van der Waals surface area contributed by atoms with E-state index in [0.717, 1.165) is 16.6 Å². The molecule has 1 aromatic carbocycles. The smallest absolute Gasteiger partial charge is 0.139 e. The average molecular weight is 286 g/mol. The zero-order valence-corrected chi connectivity index (χ0v) is 11.3. The molecular formula is C12H16BrNO2. The fourth-order valence-electron chi connectivity index (χ4n) is 2.12. The van der Waals surface area contributed by atoms with E-state index in [1.807, 2.05) is 0 Å². The van der Waals surface area contributed by atoms with E-state index in [1.54, 1.807) is 7.11 Å². The molecule has 2 atom stereocenters. The number of benzene rings is 1. The highest BCUT2D eigenvalue weighted by Crippen LogP contribution is 2.43. The molecule has 0 saturated heterocycles. The maximum atomic E-state index is 5.92. The molecule has 1 heterocycles. The summed E-state index contributed by atoms with van der Waals surface area (Å²) in [6.07, 6.45) is 1.08. The second-order valence-corrected chi connectivity index (χ2v) is 4.88. The molecule has 0 spiro atoms. The Morgan fingerprint density at radius 1 is 1.50 bits per heavy atom. The van der Waals surface area contributed by atoms with Gasteiger partial charge in [0.05, 0.1) is 17.6 Å². The number of hydrogen-bond donors (Lipinski definition) is 1. The molecule has 2 rings (SSSR count). The molecular weight excluding hydrogens is 270 g/mol. The van der Waals surface area contributed by atoms with Crippen LogP contribution in [0.15, 0.2) is 16.6 Å². The topological polar surface area (TPSA) is 30.5 Å². The van der Waals surface area contributed by atoms with Gasteiger partial charge in [0, 0.05) is 5.56 Å². The highest BCUT2D eigenvalue weighted by molar-refractivity contribution is 9.10. The van der Waals surface area contributed by atoms with Crippen molar-refractivity contribution in [1.82, 2.24) is 5.48 Å². The van der Waals surface area contributed by atoms with Crippen LogP contribution in [0.5, 0.6) is 5.75 Å². The first-order valence-electron chi connectivity index (χ1n) is 5.42. The molecule has 0 amide bonds. The number of hydrogen-bond acceptors (Lipinski definition) is 3. The van der Waals surface area contributed by atoms with Crippen molar-refractivity contribution in [2.45, 2.75) is 32.4 Å². The molecule has 2 unspecified atom stereocenters. The van der Waals surface area contributed by atoms with Crippen LogP contribution < -0.4 is 10.2 Å². The Bertz CT molecular complexity index is 395. The molecule has 0 saturated carbocycles. The van der Waals surface area contributed by atoms with E-state index in [4.69, 9.17) is 9.57 Å². The Labute approximate surface area is 104 Å². The number of ether oxygens (including phenoxy) is 1. The molecule has 3 nitrogen and oxygen atoms in total. The lowest BCUT2D eigenvalue weighted by Crippen LogP contribution is -2.29. The van der Waals surface area contributed by atoms with Gasteiger partial charge in [-0.3, -0.25) is 0 Å². The van der Waals surface area contributed by atoms with Gasteiger partial charge in [-0.2, -0.15) is 5.48 Å². The van der Waals surface area contributed by atoms with E-state index in [2.05, 4.69) is 47.4 Å². The summed E-state index contributed by atoms with van der Waals surface area (Å²) in [5.41, 5.74) is 5.39. The standard InChI is InChI=1S/C12H16BrNO2/c1-4-10-11(14-15-3)8-5-7(2)6-9(13)12(8)16-10/h5-6,10-11,14H,4H2,1-3H3. The van der Waals surface area contributed by atoms with E-state index in [-0.39, 0.29) is 12.1 Å². The van der Waals surface area contributed by atoms with Crippen molar-refractivity contribution >= 4 is 15.9 Å². The van der Waals surface area contributed by atoms with Crippen LogP contribution in [0.1, 0.15) is 30.5 Å². The lowest BCUT2D eigenvalue weighted by atomic mass is 10.0. The van der Waals surface area contributed by atoms with Crippen molar-refractivity contribution in [1.29, 1.82) is 0 Å². The van der Waals surface area contributed by atoms with Gasteiger partial charge in [0.2, 0.25) is 0 Å². The Kier molecular flexibility index (Phi) is 3.52. The van der Waals surface area contributed by atoms with Gasteiger partial charge in [-0.25, -0.2) is 0 Å². The summed E-state index contributed by atoms with van der Waals surface area (Å²) >= 11 is 3.54. The monoisotopic (exact) mass is 285 g/mol. The van der Waals surface area contributed by atoms with E-state index in [0.29, 0.717) is 0 Å². The van der Waals surface area contributed by atoms with Crippen LogP contribution in [-0.4, -0.2) is 13.2 Å². The molecule has 0 radical (unpaired) electrons. The fourth-order valence-corrected chi connectivity index (χ4v) is 2.80. The van der Waals surface area contributed by atoms with E-state index >= 15 is 0 Å². The van der Waals surface area contributed by atoms with Crippen LogP contribution in [0.2, 0.25) is 0 Å². The first-order chi connectivity index (χ1) is 7.67. The zero-order valence-electron chi connectivity index (χ0n) is 9.71. The number of halogens is 1. The van der Waals surface area contributed by atoms with Gasteiger partial charge in [0.15, 0.2) is 0 Å². The van der Waals surface area contributed by atoms with E-state index in [1.165, 1.54) is 11.1 Å². The Balaban J connectivity index is 2.41. The summed E-state index contributed by atoms with van der Waals surface area (Å²) in [5.74, 6) is 0.937. The van der Waals surface area contributed by atoms with Gasteiger partial charge in [0.25, 0.3) is 0 Å². The normalized spacial score (nSPS) is 23.0. The van der Waals surface area contributed by atoms with Crippen molar-refractivity contribution < 1.29 is 9.57 Å². The first-order valence-corrected chi connectivity index (χ1v) is 6.21. The van der Waals surface area contributed by atoms with Crippen LogP contribution in [0.4, 0.5) is 0 Å². The van der Waals surface area contributed by atoms with Gasteiger partial charge in [0.1, 0.15) is 11.9 Å². The van der Waals surface area contributed by atoms with Crippen molar-refractivity contribution in [2.75, 3.05) is 7.11 Å². The summed E-state index contributed by atoms with van der Waals surface area (Å²) in [6.45, 7) is 4.19. The molecule has 1 aliphatic rings. The van der Waals surface area contributed by atoms with Gasteiger partial charge in [-0.05, 0) is 40.9 Å². The van der Waals surface area contributed by atoms with E-state index in [9.17, 15) is 0 Å². The number of hydroxylamine groups is 1. The van der Waals surface area contributed by atoms with Gasteiger partial charge in [-0.1, -0.05) is 13.0 Å². The van der Waals surface area contributed by atoms with Crippen LogP contribution in [-0.2, 0) is 4.84 Å². The lowest BCUT2D eigenvalue weighted by molar-refractivity contribution is 0.0283. The van der Waals surface area contributed by atoms with Crippen LogP contribution in [0.3, 0.4) is 0 Å². The molecule has 88 valence electrons. The van der Waals surface area contributed by atoms with Crippen molar-refractivity contribution in [3.63, 3.8) is 0 Å². The summed E-state index contributed by atoms with van der Waals surface area (Å²) in [4.78, 5) is 5.05. The average Bonchev–Trinajstić information content (AvgIpc) is 2.58. The third-order valence-corrected chi connectivity index (χ3v) is 3.43. The largest absolute Gasteiger partial charge is 0.487 e. The zero-order chi connectivity index (χ0) is 11.7. The minimum atomic E-state index is 0.112. The van der Waals surface area contributed by atoms with Crippen LogP contribution in [0.25, 0.3) is 0 Å². The molecule has 1 aromatic rings. The number of aryl methyl sites for hydroxylation is 1. The summed E-state index contributed by atoms with van der Waals surface area (Å²) in [6, 6.07) is 4.33. The van der Waals surface area contributed by atoms with Gasteiger partial charge in [-0.15, -0.1) is 0 Å². The summed E-state index contributed by atoms with van der Waals surface area (Å²) in [5, 5.41) is 0. The lowest BCUT2D eigenvalue weighted by Gasteiger charge is -2.17. The molecule has 0 aliphatic carbocycles. The predicted octanol–water partition coefficient (Wildman–Crippen LogP) is 3.12. The minimum Gasteiger partial charge on any atom is -0.487 e. The Morgan fingerprint density at radius 3 is 2.88 bits per heavy atom. The number of rotatable bonds is 3. The molecule has 0 bridgehead atoms. The highest BCUT2D eigenvalue weighted by atomic mass is 79.9. The quantitative estimate of drug-likeness (QED) is 0.866. The van der Waals surface area contributed by atoms with Crippen molar-refractivity contribution in [3.05, 3.63) is 27.7 Å². The third-order valence-electron chi connectivity index (χ3n) is 2.84. The maximum Gasteiger partial charge on any atom is 0.139 e. The molecule has 0 aromatic heterocycles. The maximum absolute atomic E-state index is 5.92. The Hall–Kier alpha value is -0.580. The molecule has 0 fully saturated rings. The summed E-state index contributed by atoms with van der Waals surface area (Å²) in [7, 11) is 1.63. The summed E-state index contributed by atoms with van der Waals surface area (Å²) < 4.78 is 6.93. The SMILES string of the molecule is CCC1Oc2c(Br)cc(C)cc2C1NOC. The van der Waals surface area contributed by atoms with Crippen molar-refractivity contribution in [3.8, 4) is 5.75 Å². The Morgan fingerprint density at radius 2 is 2.25 bits per heavy atom. The predicted molar refractivity (Wildman–Crippen MR) is 66.5 cm³/mol. The number of nitrogens with one attached hydrogen (secondary N) is 1. The van der Waals surface area contributed by atoms with Crippen molar-refractivity contribution in [2.24, 2.45) is 0 Å². The van der Waals surface area contributed by atoms with Crippen LogP contribution in [0, 0.1) is 6.92 Å².